The second-order valence-electron chi connectivity index (χ2n) is 7.91. The monoisotopic (exact) mass is 481 g/mol. The number of amides is 1. The van der Waals surface area contributed by atoms with Gasteiger partial charge in [0.05, 0.1) is 18.2 Å². The van der Waals surface area contributed by atoms with E-state index in [0.29, 0.717) is 22.9 Å². The van der Waals surface area contributed by atoms with Gasteiger partial charge in [0, 0.05) is 5.56 Å². The third-order valence-electron chi connectivity index (χ3n) is 5.47. The van der Waals surface area contributed by atoms with Gasteiger partial charge in [-0.15, -0.1) is 10.2 Å². The van der Waals surface area contributed by atoms with E-state index in [1.807, 2.05) is 0 Å². The van der Waals surface area contributed by atoms with Crippen LogP contribution in [0.25, 0.3) is 5.76 Å². The van der Waals surface area contributed by atoms with E-state index in [2.05, 4.69) is 17.1 Å². The van der Waals surface area contributed by atoms with Crippen LogP contribution in [0.1, 0.15) is 48.4 Å². The summed E-state index contributed by atoms with van der Waals surface area (Å²) in [6.07, 6.45) is 3.03. The first-order valence-electron chi connectivity index (χ1n) is 11.0. The summed E-state index contributed by atoms with van der Waals surface area (Å²) in [6.45, 7) is 4.40. The third kappa shape index (κ3) is 4.70. The number of hydrogen-bond acceptors (Lipinski definition) is 7. The number of nitrogens with zero attached hydrogens (tertiary/aromatic N) is 3. The minimum atomic E-state index is -0.948. The van der Waals surface area contributed by atoms with Crippen LogP contribution in [0.5, 0.6) is 5.75 Å². The average molecular weight is 482 g/mol. The number of carbonyl (C=O) groups is 2. The van der Waals surface area contributed by atoms with Crippen LogP contribution >= 0.6 is 11.3 Å². The van der Waals surface area contributed by atoms with Gasteiger partial charge in [0.1, 0.15) is 22.3 Å². The standard InChI is InChI=1S/C25H24FN3O4S/c1-3-4-5-13-33-19-8-6-7-17(14-19)21-20(22(30)16-9-11-18(26)12-10-16)23(31)24(32)29(21)25-28-27-15(2)34-25/h6-12,14,21,30H,3-5,13H2,1-2H3/b22-20+. The predicted molar refractivity (Wildman–Crippen MR) is 127 cm³/mol. The number of aliphatic hydroxyl groups is 1. The first kappa shape index (κ1) is 23.6. The molecule has 1 amide bonds. The summed E-state index contributed by atoms with van der Waals surface area (Å²) in [5.74, 6) is -1.95. The van der Waals surface area contributed by atoms with Crippen molar-refractivity contribution in [1.29, 1.82) is 0 Å². The number of aryl methyl sites for hydroxylation is 1. The summed E-state index contributed by atoms with van der Waals surface area (Å²) >= 11 is 1.17. The van der Waals surface area contributed by atoms with Gasteiger partial charge in [-0.05, 0) is 55.3 Å². The van der Waals surface area contributed by atoms with E-state index in [1.54, 1.807) is 31.2 Å². The van der Waals surface area contributed by atoms with Gasteiger partial charge in [0.25, 0.3) is 5.78 Å². The van der Waals surface area contributed by atoms with Gasteiger partial charge in [-0.2, -0.15) is 0 Å². The predicted octanol–water partition coefficient (Wildman–Crippen LogP) is 5.18. The van der Waals surface area contributed by atoms with Crippen LogP contribution in [0.3, 0.4) is 0 Å². The smallest absolute Gasteiger partial charge is 0.301 e. The third-order valence-corrected chi connectivity index (χ3v) is 6.31. The number of Topliss-reactive ketones (excluding diaryl/α,β-unsaturated/α-hetero) is 1. The zero-order valence-electron chi connectivity index (χ0n) is 18.8. The fraction of sp³-hybridized carbons (Fsp3) is 0.280. The van der Waals surface area contributed by atoms with Crippen LogP contribution in [-0.4, -0.2) is 33.6 Å². The zero-order chi connectivity index (χ0) is 24.2. The molecular formula is C25H24FN3O4S. The number of aromatic nitrogens is 2. The second-order valence-corrected chi connectivity index (χ2v) is 9.07. The van der Waals surface area contributed by atoms with Gasteiger partial charge < -0.3 is 9.84 Å². The van der Waals surface area contributed by atoms with Crippen molar-refractivity contribution < 1.29 is 23.8 Å². The highest BCUT2D eigenvalue weighted by molar-refractivity contribution is 7.15. The van der Waals surface area contributed by atoms with Crippen molar-refractivity contribution in [2.24, 2.45) is 0 Å². The Bertz CT molecular complexity index is 1240. The Hall–Kier alpha value is -3.59. The summed E-state index contributed by atoms with van der Waals surface area (Å²) in [5, 5.41) is 20.0. The number of aliphatic hydroxyl groups excluding tert-OH is 1. The highest BCUT2D eigenvalue weighted by Gasteiger charge is 2.48. The molecule has 2 aromatic carbocycles. The summed E-state index contributed by atoms with van der Waals surface area (Å²) < 4.78 is 19.3. The van der Waals surface area contributed by atoms with E-state index in [0.717, 1.165) is 19.3 Å². The molecule has 0 saturated carbocycles. The molecule has 1 aliphatic heterocycles. The van der Waals surface area contributed by atoms with Crippen molar-refractivity contribution in [1.82, 2.24) is 10.2 Å². The van der Waals surface area contributed by atoms with Crippen LogP contribution in [0.15, 0.2) is 54.1 Å². The number of unbranched alkanes of at least 4 members (excludes halogenated alkanes) is 2. The fourth-order valence-electron chi connectivity index (χ4n) is 3.81. The van der Waals surface area contributed by atoms with Gasteiger partial charge in [-0.1, -0.05) is 43.2 Å². The molecule has 2 heterocycles. The molecule has 1 aliphatic rings. The fourth-order valence-corrected chi connectivity index (χ4v) is 4.52. The number of halogens is 1. The highest BCUT2D eigenvalue weighted by Crippen LogP contribution is 2.43. The first-order valence-corrected chi connectivity index (χ1v) is 11.8. The van der Waals surface area contributed by atoms with Crippen LogP contribution in [0.2, 0.25) is 0 Å². The maximum atomic E-state index is 13.4. The van der Waals surface area contributed by atoms with Crippen molar-refractivity contribution in [3.05, 3.63) is 76.1 Å². The number of ketones is 1. The molecular weight excluding hydrogens is 457 g/mol. The molecule has 1 aromatic heterocycles. The van der Waals surface area contributed by atoms with E-state index in [-0.39, 0.29) is 22.0 Å². The van der Waals surface area contributed by atoms with Crippen LogP contribution in [0.4, 0.5) is 9.52 Å². The number of rotatable bonds is 8. The van der Waals surface area contributed by atoms with Crippen molar-refractivity contribution in [2.75, 3.05) is 11.5 Å². The molecule has 4 rings (SSSR count). The van der Waals surface area contributed by atoms with Gasteiger partial charge in [0.15, 0.2) is 0 Å². The Balaban J connectivity index is 1.81. The molecule has 1 N–H and O–H groups in total. The SMILES string of the molecule is CCCCCOc1cccc(C2/C(=C(\O)c3ccc(F)cc3)C(=O)C(=O)N2c2nnc(C)s2)c1. The maximum Gasteiger partial charge on any atom is 0.301 e. The molecule has 34 heavy (non-hydrogen) atoms. The number of hydrogen-bond donors (Lipinski definition) is 1. The van der Waals surface area contributed by atoms with Crippen molar-refractivity contribution in [3.63, 3.8) is 0 Å². The lowest BCUT2D eigenvalue weighted by atomic mass is 9.95. The van der Waals surface area contributed by atoms with Crippen LogP contribution in [-0.2, 0) is 9.59 Å². The number of ether oxygens (including phenoxy) is 1. The number of anilines is 1. The van der Waals surface area contributed by atoms with E-state index >= 15 is 0 Å². The van der Waals surface area contributed by atoms with Gasteiger partial charge >= 0.3 is 5.91 Å². The van der Waals surface area contributed by atoms with E-state index < -0.39 is 23.5 Å². The topological polar surface area (TPSA) is 92.6 Å². The number of carbonyl (C=O) groups excluding carboxylic acids is 2. The molecule has 7 nitrogen and oxygen atoms in total. The molecule has 1 atom stereocenters. The summed E-state index contributed by atoms with van der Waals surface area (Å²) in [6, 6.07) is 11.2. The Morgan fingerprint density at radius 2 is 1.91 bits per heavy atom. The minimum absolute atomic E-state index is 0.104. The molecule has 0 spiro atoms. The van der Waals surface area contributed by atoms with Crippen LogP contribution in [0, 0.1) is 12.7 Å². The minimum Gasteiger partial charge on any atom is -0.507 e. The zero-order valence-corrected chi connectivity index (χ0v) is 19.6. The molecule has 1 unspecified atom stereocenters. The average Bonchev–Trinajstić information content (AvgIpc) is 3.37. The molecule has 3 aromatic rings. The van der Waals surface area contributed by atoms with E-state index in [1.165, 1.54) is 40.5 Å². The largest absolute Gasteiger partial charge is 0.507 e. The van der Waals surface area contributed by atoms with Crippen molar-refractivity contribution >= 4 is 33.9 Å². The lowest BCUT2D eigenvalue weighted by Gasteiger charge is -2.23. The second kappa shape index (κ2) is 10.1. The molecule has 1 saturated heterocycles. The molecule has 176 valence electrons. The summed E-state index contributed by atoms with van der Waals surface area (Å²) in [4.78, 5) is 27.5. The summed E-state index contributed by atoms with van der Waals surface area (Å²) in [7, 11) is 0. The van der Waals surface area contributed by atoms with E-state index in [4.69, 9.17) is 4.74 Å². The Morgan fingerprint density at radius 1 is 1.15 bits per heavy atom. The lowest BCUT2D eigenvalue weighted by Crippen LogP contribution is -2.29. The van der Waals surface area contributed by atoms with Gasteiger partial charge in [-0.25, -0.2) is 4.39 Å². The molecule has 9 heteroatoms. The normalized spacial score (nSPS) is 17.4. The van der Waals surface area contributed by atoms with Gasteiger partial charge in [-0.3, -0.25) is 14.5 Å². The Morgan fingerprint density at radius 3 is 2.59 bits per heavy atom. The molecule has 0 radical (unpaired) electrons. The maximum absolute atomic E-state index is 13.4. The number of benzene rings is 2. The van der Waals surface area contributed by atoms with Crippen molar-refractivity contribution in [2.45, 2.75) is 39.2 Å². The van der Waals surface area contributed by atoms with E-state index in [9.17, 15) is 19.1 Å². The van der Waals surface area contributed by atoms with Crippen LogP contribution < -0.4 is 9.64 Å². The Kier molecular flexibility index (Phi) is 7.02. The first-order chi connectivity index (χ1) is 16.4. The van der Waals surface area contributed by atoms with Gasteiger partial charge in [0.2, 0.25) is 5.13 Å². The molecule has 0 aliphatic carbocycles. The summed E-state index contributed by atoms with van der Waals surface area (Å²) in [5.41, 5.74) is 0.695. The molecule has 0 bridgehead atoms. The quantitative estimate of drug-likeness (QED) is 0.206. The lowest BCUT2D eigenvalue weighted by molar-refractivity contribution is -0.132. The molecule has 1 fully saturated rings. The highest BCUT2D eigenvalue weighted by atomic mass is 32.1. The van der Waals surface area contributed by atoms with Crippen molar-refractivity contribution in [3.8, 4) is 5.75 Å². The Labute approximate surface area is 200 Å².